The zero-order valence-corrected chi connectivity index (χ0v) is 20.9. The predicted molar refractivity (Wildman–Crippen MR) is 145 cm³/mol. The van der Waals surface area contributed by atoms with E-state index >= 15 is 0 Å². The molecule has 4 aromatic rings. The lowest BCUT2D eigenvalue weighted by molar-refractivity contribution is 0.106. The molecule has 0 spiro atoms. The van der Waals surface area contributed by atoms with Gasteiger partial charge in [0.2, 0.25) is 5.78 Å². The fraction of sp³-hybridized carbons (Fsp3) is 0.0690. The van der Waals surface area contributed by atoms with E-state index in [-0.39, 0.29) is 18.1 Å². The zero-order valence-electron chi connectivity index (χ0n) is 19.4. The first-order valence-corrected chi connectivity index (χ1v) is 11.8. The molecule has 0 unspecified atom stereocenters. The van der Waals surface area contributed by atoms with Crippen LogP contribution < -0.4 is 9.47 Å². The number of rotatable bonds is 9. The van der Waals surface area contributed by atoms with Crippen LogP contribution in [0.2, 0.25) is 10.0 Å². The third-order valence-corrected chi connectivity index (χ3v) is 5.84. The molecule has 0 atom stereocenters. The molecule has 0 saturated heterocycles. The maximum atomic E-state index is 13.1. The molecule has 0 N–H and O–H groups in total. The molecular formula is C29H22Cl2N2O3. The third-order valence-electron chi connectivity index (χ3n) is 5.25. The van der Waals surface area contributed by atoms with E-state index in [0.29, 0.717) is 32.7 Å². The van der Waals surface area contributed by atoms with E-state index in [1.807, 2.05) is 60.7 Å². The fourth-order valence-corrected chi connectivity index (χ4v) is 3.85. The van der Waals surface area contributed by atoms with E-state index in [2.05, 4.69) is 10.2 Å². The van der Waals surface area contributed by atoms with E-state index in [0.717, 1.165) is 11.1 Å². The predicted octanol–water partition coefficient (Wildman–Crippen LogP) is 7.29. The maximum absolute atomic E-state index is 13.1. The molecule has 0 radical (unpaired) electrons. The number of benzene rings is 4. The minimum absolute atomic E-state index is 0.207. The van der Waals surface area contributed by atoms with Gasteiger partial charge >= 0.3 is 0 Å². The van der Waals surface area contributed by atoms with Gasteiger partial charge in [-0.25, -0.2) is 0 Å². The molecule has 0 amide bonds. The van der Waals surface area contributed by atoms with Crippen LogP contribution >= 0.6 is 23.2 Å². The van der Waals surface area contributed by atoms with Crippen LogP contribution in [-0.2, 0) is 6.61 Å². The summed E-state index contributed by atoms with van der Waals surface area (Å²) in [5, 5.41) is 9.57. The number of carbonyl (C=O) groups excluding carboxylic acids is 1. The number of hydrogen-bond donors (Lipinski definition) is 0. The number of hydrogen-bond acceptors (Lipinski definition) is 5. The second-order valence-corrected chi connectivity index (χ2v) is 8.53. The van der Waals surface area contributed by atoms with Crippen LogP contribution in [0.4, 0.5) is 0 Å². The molecule has 0 aromatic heterocycles. The summed E-state index contributed by atoms with van der Waals surface area (Å²) in [5.74, 6) is 0.867. The minimum atomic E-state index is -0.207. The summed E-state index contributed by atoms with van der Waals surface area (Å²) < 4.78 is 11.4. The van der Waals surface area contributed by atoms with Gasteiger partial charge < -0.3 is 9.47 Å². The summed E-state index contributed by atoms with van der Waals surface area (Å²) in [7, 11) is 1.56. The van der Waals surface area contributed by atoms with Crippen molar-refractivity contribution in [3.8, 4) is 11.5 Å². The highest BCUT2D eigenvalue weighted by molar-refractivity contribution is 6.51. The van der Waals surface area contributed by atoms with Crippen LogP contribution in [0.3, 0.4) is 0 Å². The molecule has 0 aliphatic carbocycles. The summed E-state index contributed by atoms with van der Waals surface area (Å²) in [5.41, 5.74) is 3.02. The SMILES string of the molecule is COc1cc(C=NN=C(C(=O)c2ccccc2)c2ccccc2)ccc1OCc1ccc(Cl)cc1Cl. The summed E-state index contributed by atoms with van der Waals surface area (Å²) in [6, 6.07) is 28.9. The van der Waals surface area contributed by atoms with Crippen molar-refractivity contribution >= 4 is 40.9 Å². The first-order chi connectivity index (χ1) is 17.5. The van der Waals surface area contributed by atoms with Crippen molar-refractivity contribution < 1.29 is 14.3 Å². The van der Waals surface area contributed by atoms with Crippen LogP contribution in [-0.4, -0.2) is 24.8 Å². The molecule has 36 heavy (non-hydrogen) atoms. The molecule has 0 heterocycles. The van der Waals surface area contributed by atoms with Crippen molar-refractivity contribution in [3.63, 3.8) is 0 Å². The highest BCUT2D eigenvalue weighted by atomic mass is 35.5. The van der Waals surface area contributed by atoms with Gasteiger partial charge in [0.15, 0.2) is 11.5 Å². The van der Waals surface area contributed by atoms with Crippen molar-refractivity contribution in [2.45, 2.75) is 6.61 Å². The number of nitrogens with zero attached hydrogens (tertiary/aromatic N) is 2. The van der Waals surface area contributed by atoms with Crippen molar-refractivity contribution in [3.05, 3.63) is 129 Å². The van der Waals surface area contributed by atoms with E-state index in [4.69, 9.17) is 32.7 Å². The van der Waals surface area contributed by atoms with Crippen LogP contribution in [0.25, 0.3) is 0 Å². The molecule has 180 valence electrons. The third kappa shape index (κ3) is 6.39. The standard InChI is InChI=1S/C29H22Cl2N2O3/c1-35-27-16-20(12-15-26(27)36-19-23-13-14-24(30)17-25(23)31)18-32-33-28(21-8-4-2-5-9-21)29(34)22-10-6-3-7-11-22/h2-18H,19H2,1H3. The van der Waals surface area contributed by atoms with Crippen molar-refractivity contribution in [2.75, 3.05) is 7.11 Å². The second-order valence-electron chi connectivity index (χ2n) is 7.69. The van der Waals surface area contributed by atoms with Crippen molar-refractivity contribution in [2.24, 2.45) is 10.2 Å². The number of carbonyl (C=O) groups is 1. The molecule has 0 aliphatic rings. The summed E-state index contributed by atoms with van der Waals surface area (Å²) >= 11 is 12.2. The molecule has 0 saturated carbocycles. The van der Waals surface area contributed by atoms with Crippen LogP contribution in [0, 0.1) is 0 Å². The molecule has 0 fully saturated rings. The average molecular weight is 517 g/mol. The van der Waals surface area contributed by atoms with Gasteiger partial charge in [0.05, 0.1) is 13.3 Å². The van der Waals surface area contributed by atoms with Crippen molar-refractivity contribution in [1.29, 1.82) is 0 Å². The molecule has 0 aliphatic heterocycles. The first kappa shape index (κ1) is 25.2. The summed E-state index contributed by atoms with van der Waals surface area (Å²) in [4.78, 5) is 13.1. The fourth-order valence-electron chi connectivity index (χ4n) is 3.39. The number of ether oxygens (including phenoxy) is 2. The second kappa shape index (κ2) is 12.2. The smallest absolute Gasteiger partial charge is 0.213 e. The molecule has 0 bridgehead atoms. The summed E-state index contributed by atoms with van der Waals surface area (Å²) in [6.45, 7) is 0.256. The zero-order chi connectivity index (χ0) is 25.3. The Labute approximate surface area is 219 Å². The Morgan fingerprint density at radius 3 is 2.19 bits per heavy atom. The van der Waals surface area contributed by atoms with Crippen molar-refractivity contribution in [1.82, 2.24) is 0 Å². The molecule has 5 nitrogen and oxygen atoms in total. The van der Waals surface area contributed by atoms with E-state index in [9.17, 15) is 4.79 Å². The lowest BCUT2D eigenvalue weighted by atomic mass is 10.0. The quantitative estimate of drug-likeness (QED) is 0.133. The first-order valence-electron chi connectivity index (χ1n) is 11.1. The molecule has 7 heteroatoms. The van der Waals surface area contributed by atoms with E-state index < -0.39 is 0 Å². The monoisotopic (exact) mass is 516 g/mol. The van der Waals surface area contributed by atoms with Gasteiger partial charge in [-0.3, -0.25) is 4.79 Å². The summed E-state index contributed by atoms with van der Waals surface area (Å²) in [6.07, 6.45) is 1.56. The largest absolute Gasteiger partial charge is 0.493 e. The topological polar surface area (TPSA) is 60.2 Å². The van der Waals surface area contributed by atoms with Gasteiger partial charge in [-0.1, -0.05) is 89.9 Å². The lowest BCUT2D eigenvalue weighted by Crippen LogP contribution is -2.15. The Morgan fingerprint density at radius 2 is 1.53 bits per heavy atom. The van der Waals surface area contributed by atoms with E-state index in [1.165, 1.54) is 0 Å². The van der Waals surface area contributed by atoms with E-state index in [1.54, 1.807) is 49.7 Å². The number of Topliss-reactive ketones (excluding diaryl/α,β-unsaturated/α-hetero) is 1. The van der Waals surface area contributed by atoms with Crippen LogP contribution in [0.1, 0.15) is 27.0 Å². The Morgan fingerprint density at radius 1 is 0.833 bits per heavy atom. The average Bonchev–Trinajstić information content (AvgIpc) is 2.91. The van der Waals surface area contributed by atoms with Gasteiger partial charge in [-0.05, 0) is 35.9 Å². The lowest BCUT2D eigenvalue weighted by Gasteiger charge is -2.12. The Balaban J connectivity index is 1.54. The Bertz CT molecular complexity index is 1400. The molecule has 4 aromatic carbocycles. The Kier molecular flexibility index (Phi) is 8.50. The number of halogens is 2. The van der Waals surface area contributed by atoms with Gasteiger partial charge in [0, 0.05) is 26.7 Å². The Hall–Kier alpha value is -3.93. The van der Waals surface area contributed by atoms with Crippen LogP contribution in [0.15, 0.2) is 107 Å². The minimum Gasteiger partial charge on any atom is -0.493 e. The number of ketones is 1. The highest BCUT2D eigenvalue weighted by Crippen LogP contribution is 2.30. The maximum Gasteiger partial charge on any atom is 0.213 e. The van der Waals surface area contributed by atoms with Gasteiger partial charge in [-0.15, -0.1) is 5.10 Å². The van der Waals surface area contributed by atoms with Gasteiger partial charge in [-0.2, -0.15) is 5.10 Å². The highest BCUT2D eigenvalue weighted by Gasteiger charge is 2.16. The molecular weight excluding hydrogens is 495 g/mol. The normalized spacial score (nSPS) is 11.5. The number of methoxy groups -OCH3 is 1. The van der Waals surface area contributed by atoms with Gasteiger partial charge in [0.25, 0.3) is 0 Å². The van der Waals surface area contributed by atoms with Crippen LogP contribution in [0.5, 0.6) is 11.5 Å². The van der Waals surface area contributed by atoms with Gasteiger partial charge in [0.1, 0.15) is 12.3 Å². The molecule has 4 rings (SSSR count).